The van der Waals surface area contributed by atoms with Gasteiger partial charge >= 0.3 is 5.97 Å². The molecule has 0 aromatic rings. The molecule has 0 bridgehead atoms. The summed E-state index contributed by atoms with van der Waals surface area (Å²) in [5, 5.41) is 8.70. The second-order valence-corrected chi connectivity index (χ2v) is 4.20. The van der Waals surface area contributed by atoms with Crippen molar-refractivity contribution < 1.29 is 28.2 Å². The summed E-state index contributed by atoms with van der Waals surface area (Å²) >= 11 is 0. The summed E-state index contributed by atoms with van der Waals surface area (Å²) in [6.45, 7) is -0.197. The fourth-order valence-corrected chi connectivity index (χ4v) is 2.05. The highest BCUT2D eigenvalue weighted by Gasteiger charge is 2.29. The van der Waals surface area contributed by atoms with Gasteiger partial charge in [0.15, 0.2) is 0 Å². The summed E-state index contributed by atoms with van der Waals surface area (Å²) in [6.07, 6.45) is -1.13. The number of likely N-dealkylation sites (tertiary alicyclic amines) is 1. The summed E-state index contributed by atoms with van der Waals surface area (Å²) in [5.74, 6) is -1.17. The maximum atomic E-state index is 11.8. The molecule has 0 aromatic heterocycles. The van der Waals surface area contributed by atoms with Crippen molar-refractivity contribution in [2.24, 2.45) is 0 Å². The third kappa shape index (κ3) is 4.95. The molecule has 1 fully saturated rings. The van der Waals surface area contributed by atoms with E-state index in [2.05, 4.69) is 4.74 Å². The molecule has 1 atom stereocenters. The molecule has 5 nitrogen and oxygen atoms in total. The summed E-state index contributed by atoms with van der Waals surface area (Å²) in [5.41, 5.74) is 0. The fraction of sp³-hybridized carbons (Fsp3) is 0.818. The highest BCUT2D eigenvalue weighted by Crippen LogP contribution is 2.20. The zero-order valence-corrected chi connectivity index (χ0v) is 9.98. The molecule has 1 N–H and O–H groups in total. The number of carbonyl (C=O) groups is 2. The van der Waals surface area contributed by atoms with Crippen molar-refractivity contribution in [1.82, 2.24) is 4.90 Å². The lowest BCUT2D eigenvalue weighted by molar-refractivity contribution is -0.140. The first-order valence-corrected chi connectivity index (χ1v) is 5.88. The number of halogens is 2. The Bertz CT molecular complexity index is 299. The molecule has 1 amide bonds. The number of aliphatic carboxylic acids is 1. The van der Waals surface area contributed by atoms with Crippen LogP contribution in [0.4, 0.5) is 8.78 Å². The van der Waals surface area contributed by atoms with E-state index in [4.69, 9.17) is 5.11 Å². The minimum atomic E-state index is -2.54. The number of nitrogens with zero attached hydrogens (tertiary/aromatic N) is 1. The number of carboxylic acids is 1. The summed E-state index contributed by atoms with van der Waals surface area (Å²) in [7, 11) is 0. The molecule has 1 aliphatic rings. The van der Waals surface area contributed by atoms with Gasteiger partial charge in [0.05, 0.1) is 19.4 Å². The number of alkyl halides is 2. The smallest absolute Gasteiger partial charge is 0.305 e. The number of carbonyl (C=O) groups excluding carboxylic acids is 1. The van der Waals surface area contributed by atoms with Crippen LogP contribution in [-0.4, -0.2) is 54.1 Å². The third-order valence-corrected chi connectivity index (χ3v) is 2.81. The van der Waals surface area contributed by atoms with Crippen LogP contribution in [0.25, 0.3) is 0 Å². The van der Waals surface area contributed by atoms with Gasteiger partial charge < -0.3 is 14.7 Å². The van der Waals surface area contributed by atoms with Crippen molar-refractivity contribution in [2.75, 3.05) is 19.8 Å². The quantitative estimate of drug-likeness (QED) is 0.701. The van der Waals surface area contributed by atoms with E-state index in [-0.39, 0.29) is 31.4 Å². The monoisotopic (exact) mass is 265 g/mol. The van der Waals surface area contributed by atoms with E-state index in [1.54, 1.807) is 0 Å². The molecule has 1 rings (SSSR count). The predicted octanol–water partition coefficient (Wildman–Crippen LogP) is 1.12. The lowest BCUT2D eigenvalue weighted by atomic mass is 10.1. The van der Waals surface area contributed by atoms with Crippen molar-refractivity contribution in [3.63, 3.8) is 0 Å². The number of ether oxygens (including phenoxy) is 1. The molecule has 1 aliphatic heterocycles. The Kier molecular flexibility index (Phi) is 5.97. The summed E-state index contributed by atoms with van der Waals surface area (Å²) in [4.78, 5) is 23.9. The standard InChI is InChI=1S/C11H17F2NO4/c12-9(13)7-18-5-3-10(15)14-4-1-2-8(14)6-11(16)17/h8-9H,1-7H2,(H,16,17). The SMILES string of the molecule is O=C(O)CC1CCCN1C(=O)CCOCC(F)F. The number of amides is 1. The van der Waals surface area contributed by atoms with Crippen LogP contribution >= 0.6 is 0 Å². The van der Waals surface area contributed by atoms with Gasteiger partial charge in [0, 0.05) is 12.6 Å². The van der Waals surface area contributed by atoms with Crippen LogP contribution < -0.4 is 0 Å². The van der Waals surface area contributed by atoms with Crippen molar-refractivity contribution in [3.8, 4) is 0 Å². The van der Waals surface area contributed by atoms with Gasteiger partial charge in [0.2, 0.25) is 5.91 Å². The van der Waals surface area contributed by atoms with Gasteiger partial charge in [-0.1, -0.05) is 0 Å². The Hall–Kier alpha value is -1.24. The second-order valence-electron chi connectivity index (χ2n) is 4.20. The van der Waals surface area contributed by atoms with E-state index in [1.165, 1.54) is 4.90 Å². The van der Waals surface area contributed by atoms with Crippen molar-refractivity contribution in [3.05, 3.63) is 0 Å². The molecule has 1 heterocycles. The number of rotatable bonds is 7. The maximum absolute atomic E-state index is 11.8. The molecular weight excluding hydrogens is 248 g/mol. The van der Waals surface area contributed by atoms with E-state index in [9.17, 15) is 18.4 Å². The largest absolute Gasteiger partial charge is 0.481 e. The number of carboxylic acid groups (broad SMARTS) is 1. The van der Waals surface area contributed by atoms with E-state index in [0.717, 1.165) is 6.42 Å². The second kappa shape index (κ2) is 7.25. The van der Waals surface area contributed by atoms with Crippen LogP contribution in [0.5, 0.6) is 0 Å². The maximum Gasteiger partial charge on any atom is 0.305 e. The molecule has 7 heteroatoms. The van der Waals surface area contributed by atoms with Gasteiger partial charge in [-0.05, 0) is 12.8 Å². The predicted molar refractivity (Wildman–Crippen MR) is 58.4 cm³/mol. The molecular formula is C11H17F2NO4. The van der Waals surface area contributed by atoms with Crippen LogP contribution in [0, 0.1) is 0 Å². The Morgan fingerprint density at radius 1 is 1.44 bits per heavy atom. The van der Waals surface area contributed by atoms with E-state index >= 15 is 0 Å². The van der Waals surface area contributed by atoms with Crippen LogP contribution in [-0.2, 0) is 14.3 Å². The van der Waals surface area contributed by atoms with E-state index in [0.29, 0.717) is 13.0 Å². The fourth-order valence-electron chi connectivity index (χ4n) is 2.05. The summed E-state index contributed by atoms with van der Waals surface area (Å²) < 4.78 is 28.2. The topological polar surface area (TPSA) is 66.8 Å². The average Bonchev–Trinajstić information content (AvgIpc) is 2.71. The van der Waals surface area contributed by atoms with Gasteiger partial charge in [-0.25, -0.2) is 8.78 Å². The molecule has 0 radical (unpaired) electrons. The molecule has 0 spiro atoms. The van der Waals surface area contributed by atoms with Crippen molar-refractivity contribution >= 4 is 11.9 Å². The normalized spacial score (nSPS) is 19.5. The van der Waals surface area contributed by atoms with Gasteiger partial charge in [0.25, 0.3) is 6.43 Å². The molecule has 1 saturated heterocycles. The summed E-state index contributed by atoms with van der Waals surface area (Å²) in [6, 6.07) is -0.273. The lowest BCUT2D eigenvalue weighted by Gasteiger charge is -2.23. The third-order valence-electron chi connectivity index (χ3n) is 2.81. The highest BCUT2D eigenvalue weighted by molar-refractivity contribution is 5.78. The highest BCUT2D eigenvalue weighted by atomic mass is 19.3. The average molecular weight is 265 g/mol. The van der Waals surface area contributed by atoms with Gasteiger partial charge in [-0.2, -0.15) is 0 Å². The molecule has 0 saturated carbocycles. The molecule has 18 heavy (non-hydrogen) atoms. The molecule has 0 aliphatic carbocycles. The molecule has 0 aromatic carbocycles. The van der Waals surface area contributed by atoms with E-state index < -0.39 is 19.0 Å². The number of hydrogen-bond donors (Lipinski definition) is 1. The van der Waals surface area contributed by atoms with E-state index in [1.807, 2.05) is 0 Å². The van der Waals surface area contributed by atoms with Crippen molar-refractivity contribution in [1.29, 1.82) is 0 Å². The van der Waals surface area contributed by atoms with Gasteiger partial charge in [-0.15, -0.1) is 0 Å². The van der Waals surface area contributed by atoms with Crippen LogP contribution in [0.15, 0.2) is 0 Å². The van der Waals surface area contributed by atoms with Crippen LogP contribution in [0.2, 0.25) is 0 Å². The zero-order chi connectivity index (χ0) is 13.5. The minimum absolute atomic E-state index is 0.0167. The number of hydrogen-bond acceptors (Lipinski definition) is 3. The first-order chi connectivity index (χ1) is 8.50. The minimum Gasteiger partial charge on any atom is -0.481 e. The Labute approximate surface area is 104 Å². The molecule has 104 valence electrons. The lowest BCUT2D eigenvalue weighted by Crippen LogP contribution is -2.37. The first-order valence-electron chi connectivity index (χ1n) is 5.88. The van der Waals surface area contributed by atoms with Gasteiger partial charge in [-0.3, -0.25) is 9.59 Å². The Morgan fingerprint density at radius 3 is 2.78 bits per heavy atom. The first kappa shape index (κ1) is 14.8. The molecule has 1 unspecified atom stereocenters. The van der Waals surface area contributed by atoms with Crippen molar-refractivity contribution in [2.45, 2.75) is 38.2 Å². The van der Waals surface area contributed by atoms with Gasteiger partial charge in [0.1, 0.15) is 6.61 Å². The Morgan fingerprint density at radius 2 is 2.17 bits per heavy atom. The van der Waals surface area contributed by atoms with Crippen LogP contribution in [0.1, 0.15) is 25.7 Å². The zero-order valence-electron chi connectivity index (χ0n) is 9.98. The Balaban J connectivity index is 2.29. The van der Waals surface area contributed by atoms with Crippen LogP contribution in [0.3, 0.4) is 0 Å².